The normalized spacial score (nSPS) is 15.9. The predicted octanol–water partition coefficient (Wildman–Crippen LogP) is 6.09. The van der Waals surface area contributed by atoms with Gasteiger partial charge in [0.15, 0.2) is 0 Å². The Hall–Kier alpha value is -3.24. The molecular weight excluding hydrogens is 527 g/mol. The number of piperidine rings is 1. The fourth-order valence-electron chi connectivity index (χ4n) is 4.67. The van der Waals surface area contributed by atoms with Crippen LogP contribution in [0.4, 0.5) is 13.2 Å². The van der Waals surface area contributed by atoms with Gasteiger partial charge in [-0.05, 0) is 43.9 Å². The average Bonchev–Trinajstić information content (AvgIpc) is 3.38. The van der Waals surface area contributed by atoms with Crippen molar-refractivity contribution in [3.05, 3.63) is 86.9 Å². The average molecular weight is 560 g/mol. The van der Waals surface area contributed by atoms with E-state index in [0.29, 0.717) is 61.9 Å². The van der Waals surface area contributed by atoms with E-state index in [2.05, 4.69) is 4.98 Å². The molecule has 1 aliphatic heterocycles. The minimum absolute atomic E-state index is 0.227. The summed E-state index contributed by atoms with van der Waals surface area (Å²) < 4.78 is 45.0. The van der Waals surface area contributed by atoms with Gasteiger partial charge in [-0.15, -0.1) is 11.3 Å². The number of likely N-dealkylation sites (tertiary alicyclic amines) is 1. The first-order chi connectivity index (χ1) is 18.6. The third kappa shape index (κ3) is 7.89. The van der Waals surface area contributed by atoms with E-state index < -0.39 is 11.7 Å². The number of rotatable bonds is 9. The van der Waals surface area contributed by atoms with Gasteiger partial charge < -0.3 is 9.64 Å². The lowest BCUT2D eigenvalue weighted by molar-refractivity contribution is -0.149. The maximum absolute atomic E-state index is 13.3. The molecule has 0 saturated carbocycles. The third-order valence-electron chi connectivity index (χ3n) is 6.65. The zero-order valence-corrected chi connectivity index (χ0v) is 22.9. The molecule has 39 heavy (non-hydrogen) atoms. The van der Waals surface area contributed by atoms with Crippen LogP contribution in [0.1, 0.15) is 57.5 Å². The first-order valence-electron chi connectivity index (χ1n) is 13.0. The number of esters is 1. The number of thiazole rings is 1. The molecule has 1 atom stereocenters. The molecule has 4 rings (SSSR count). The van der Waals surface area contributed by atoms with E-state index in [0.717, 1.165) is 17.2 Å². The molecule has 0 spiro atoms. The highest BCUT2D eigenvalue weighted by Crippen LogP contribution is 2.30. The van der Waals surface area contributed by atoms with Crippen LogP contribution in [0.15, 0.2) is 53.9 Å². The highest BCUT2D eigenvalue weighted by atomic mass is 32.1. The number of aromatic nitrogens is 1. The molecule has 1 aromatic heterocycles. The number of aryl methyl sites for hydroxylation is 1. The lowest BCUT2D eigenvalue weighted by Crippen LogP contribution is -2.43. The fraction of sp³-hybridized carbons (Fsp3) is 0.414. The highest BCUT2D eigenvalue weighted by molar-refractivity contribution is 7.09. The zero-order valence-electron chi connectivity index (χ0n) is 22.0. The van der Waals surface area contributed by atoms with Gasteiger partial charge in [-0.2, -0.15) is 13.2 Å². The number of nitrogens with zero attached hydrogens (tertiary/aromatic N) is 3. The SMILES string of the molecule is CCOC(=O)C1CCCN(C(=O)c2csc(CN(Cc3ccc(C)cc3)Cc3cccc(C(F)(F)F)c3)n2)C1. The van der Waals surface area contributed by atoms with Crippen LogP contribution in [0.3, 0.4) is 0 Å². The van der Waals surface area contributed by atoms with Crippen molar-refractivity contribution in [2.75, 3.05) is 19.7 Å². The van der Waals surface area contributed by atoms with Crippen molar-refractivity contribution in [2.24, 2.45) is 5.92 Å². The van der Waals surface area contributed by atoms with Crippen molar-refractivity contribution in [1.82, 2.24) is 14.8 Å². The standard InChI is InChI=1S/C29H32F3N3O3S/c1-3-38-28(37)23-7-5-13-35(17-23)27(36)25-19-39-26(33-25)18-34(15-21-11-9-20(2)10-12-21)16-22-6-4-8-24(14-22)29(30,31)32/h4,6,8-12,14,19,23H,3,5,7,13,15-18H2,1-2H3. The first kappa shape index (κ1) is 28.8. The number of alkyl halides is 3. The second-order valence-corrected chi connectivity index (χ2v) is 10.7. The molecule has 1 amide bonds. The van der Waals surface area contributed by atoms with Gasteiger partial charge in [0, 0.05) is 31.6 Å². The second kappa shape index (κ2) is 12.7. The highest BCUT2D eigenvalue weighted by Gasteiger charge is 2.32. The van der Waals surface area contributed by atoms with E-state index in [1.807, 2.05) is 36.1 Å². The van der Waals surface area contributed by atoms with Crippen molar-refractivity contribution >= 4 is 23.2 Å². The van der Waals surface area contributed by atoms with Crippen LogP contribution in [-0.4, -0.2) is 46.4 Å². The Morgan fingerprint density at radius 2 is 1.85 bits per heavy atom. The summed E-state index contributed by atoms with van der Waals surface area (Å²) in [7, 11) is 0. The van der Waals surface area contributed by atoms with Gasteiger partial charge in [-0.3, -0.25) is 14.5 Å². The molecule has 1 fully saturated rings. The number of halogens is 3. The number of carbonyl (C=O) groups excluding carboxylic acids is 2. The summed E-state index contributed by atoms with van der Waals surface area (Å²) in [5.41, 5.74) is 2.32. The summed E-state index contributed by atoms with van der Waals surface area (Å²) in [5.74, 6) is -0.844. The Morgan fingerprint density at radius 3 is 2.56 bits per heavy atom. The molecule has 2 aromatic carbocycles. The van der Waals surface area contributed by atoms with Crippen LogP contribution in [0.25, 0.3) is 0 Å². The van der Waals surface area contributed by atoms with E-state index in [9.17, 15) is 22.8 Å². The Labute approximate surface area is 230 Å². The lowest BCUT2D eigenvalue weighted by atomic mass is 9.98. The molecule has 2 heterocycles. The van der Waals surface area contributed by atoms with Gasteiger partial charge in [0.1, 0.15) is 10.7 Å². The smallest absolute Gasteiger partial charge is 0.416 e. The maximum Gasteiger partial charge on any atom is 0.416 e. The number of amides is 1. The predicted molar refractivity (Wildman–Crippen MR) is 143 cm³/mol. The largest absolute Gasteiger partial charge is 0.466 e. The molecule has 10 heteroatoms. The van der Waals surface area contributed by atoms with Crippen LogP contribution >= 0.6 is 11.3 Å². The fourth-order valence-corrected chi connectivity index (χ4v) is 5.48. The Morgan fingerprint density at radius 1 is 1.10 bits per heavy atom. The van der Waals surface area contributed by atoms with Gasteiger partial charge >= 0.3 is 12.1 Å². The molecule has 0 radical (unpaired) electrons. The Bertz CT molecular complexity index is 1280. The molecule has 0 aliphatic carbocycles. The monoisotopic (exact) mass is 559 g/mol. The maximum atomic E-state index is 13.3. The first-order valence-corrected chi connectivity index (χ1v) is 13.8. The number of ether oxygens (including phenoxy) is 1. The minimum atomic E-state index is -4.41. The summed E-state index contributed by atoms with van der Waals surface area (Å²) in [4.78, 5) is 33.6. The number of hydrogen-bond acceptors (Lipinski definition) is 6. The van der Waals surface area contributed by atoms with E-state index in [1.54, 1.807) is 23.3 Å². The van der Waals surface area contributed by atoms with Crippen molar-refractivity contribution < 1.29 is 27.5 Å². The molecule has 0 N–H and O–H groups in total. The lowest BCUT2D eigenvalue weighted by Gasteiger charge is -2.31. The Balaban J connectivity index is 1.49. The third-order valence-corrected chi connectivity index (χ3v) is 7.48. The van der Waals surface area contributed by atoms with Gasteiger partial charge in [-0.25, -0.2) is 4.98 Å². The van der Waals surface area contributed by atoms with Crippen LogP contribution in [0.2, 0.25) is 0 Å². The minimum Gasteiger partial charge on any atom is -0.466 e. The summed E-state index contributed by atoms with van der Waals surface area (Å²) in [6, 6.07) is 13.4. The number of carbonyl (C=O) groups is 2. The van der Waals surface area contributed by atoms with Crippen LogP contribution < -0.4 is 0 Å². The molecule has 3 aromatic rings. The van der Waals surface area contributed by atoms with Crippen molar-refractivity contribution in [3.8, 4) is 0 Å². The summed E-state index contributed by atoms with van der Waals surface area (Å²) in [6.07, 6.45) is -3.01. The van der Waals surface area contributed by atoms with E-state index in [-0.39, 0.29) is 24.3 Å². The van der Waals surface area contributed by atoms with Gasteiger partial charge in [0.2, 0.25) is 0 Å². The molecule has 208 valence electrons. The molecule has 0 bridgehead atoms. The summed E-state index contributed by atoms with van der Waals surface area (Å²) in [5, 5.41) is 2.40. The van der Waals surface area contributed by atoms with E-state index >= 15 is 0 Å². The number of hydrogen-bond donors (Lipinski definition) is 0. The topological polar surface area (TPSA) is 62.7 Å². The van der Waals surface area contributed by atoms with Crippen LogP contribution in [-0.2, 0) is 35.3 Å². The number of benzene rings is 2. The van der Waals surface area contributed by atoms with Crippen molar-refractivity contribution in [2.45, 2.75) is 52.5 Å². The quantitative estimate of drug-likeness (QED) is 0.297. The molecule has 1 saturated heterocycles. The second-order valence-electron chi connectivity index (χ2n) is 9.80. The molecule has 1 aliphatic rings. The van der Waals surface area contributed by atoms with E-state index in [1.165, 1.54) is 23.5 Å². The van der Waals surface area contributed by atoms with Crippen LogP contribution in [0.5, 0.6) is 0 Å². The van der Waals surface area contributed by atoms with Crippen molar-refractivity contribution in [3.63, 3.8) is 0 Å². The molecular formula is C29H32F3N3O3S. The summed E-state index contributed by atoms with van der Waals surface area (Å²) in [6.45, 7) is 6.08. The molecule has 1 unspecified atom stereocenters. The summed E-state index contributed by atoms with van der Waals surface area (Å²) >= 11 is 1.34. The van der Waals surface area contributed by atoms with Crippen LogP contribution in [0, 0.1) is 12.8 Å². The Kier molecular flexibility index (Phi) is 9.40. The van der Waals surface area contributed by atoms with Gasteiger partial charge in [-0.1, -0.05) is 48.0 Å². The molecule has 6 nitrogen and oxygen atoms in total. The van der Waals surface area contributed by atoms with E-state index in [4.69, 9.17) is 4.74 Å². The van der Waals surface area contributed by atoms with Crippen molar-refractivity contribution in [1.29, 1.82) is 0 Å². The van der Waals surface area contributed by atoms with Gasteiger partial charge in [0.25, 0.3) is 5.91 Å². The van der Waals surface area contributed by atoms with Gasteiger partial charge in [0.05, 0.1) is 24.6 Å². The zero-order chi connectivity index (χ0) is 28.0.